The monoisotopic (exact) mass is 224 g/mol. The van der Waals surface area contributed by atoms with Gasteiger partial charge in [0.25, 0.3) is 0 Å². The van der Waals surface area contributed by atoms with Crippen molar-refractivity contribution in [2.75, 3.05) is 0 Å². The summed E-state index contributed by atoms with van der Waals surface area (Å²) in [5, 5.41) is 19.5. The van der Waals surface area contributed by atoms with Crippen LogP contribution in [0.4, 0.5) is 0 Å². The van der Waals surface area contributed by atoms with E-state index in [0.717, 1.165) is 25.7 Å². The molecule has 0 heterocycles. The van der Waals surface area contributed by atoms with Crippen molar-refractivity contribution >= 4 is 5.97 Å². The molecule has 3 saturated carbocycles. The second-order valence-electron chi connectivity index (χ2n) is 6.80. The topological polar surface area (TPSA) is 57.5 Å². The molecule has 2 N–H and O–H groups in total. The molecule has 90 valence electrons. The number of fused-ring (bicyclic) bond motifs is 2. The first-order chi connectivity index (χ1) is 7.42. The minimum Gasteiger partial charge on any atom is -0.481 e. The van der Waals surface area contributed by atoms with Gasteiger partial charge in [0.05, 0.1) is 11.5 Å². The zero-order valence-corrected chi connectivity index (χ0v) is 9.78. The lowest BCUT2D eigenvalue weighted by Gasteiger charge is -2.42. The fourth-order valence-electron chi connectivity index (χ4n) is 5.02. The first-order valence-corrected chi connectivity index (χ1v) is 6.34. The molecular formula is C13H20O3. The number of aliphatic hydroxyl groups is 1. The molecule has 5 atom stereocenters. The number of carbonyl (C=O) groups is 1. The average molecular weight is 224 g/mol. The van der Waals surface area contributed by atoms with E-state index in [1.165, 1.54) is 6.42 Å². The molecule has 0 aromatic carbocycles. The van der Waals surface area contributed by atoms with Crippen LogP contribution in [0.1, 0.15) is 45.4 Å². The van der Waals surface area contributed by atoms with E-state index >= 15 is 0 Å². The maximum atomic E-state index is 11.6. The summed E-state index contributed by atoms with van der Waals surface area (Å²) in [7, 11) is 0. The van der Waals surface area contributed by atoms with Crippen LogP contribution in [0.25, 0.3) is 0 Å². The number of aliphatic carboxylic acids is 1. The highest BCUT2D eigenvalue weighted by molar-refractivity contribution is 5.75. The van der Waals surface area contributed by atoms with E-state index in [-0.39, 0.29) is 5.41 Å². The summed E-state index contributed by atoms with van der Waals surface area (Å²) in [5.41, 5.74) is -0.394. The van der Waals surface area contributed by atoms with Crippen molar-refractivity contribution < 1.29 is 15.0 Å². The van der Waals surface area contributed by atoms with Gasteiger partial charge >= 0.3 is 5.97 Å². The maximum Gasteiger partial charge on any atom is 0.309 e. The third-order valence-electron chi connectivity index (χ3n) is 5.25. The van der Waals surface area contributed by atoms with Gasteiger partial charge in [-0.1, -0.05) is 6.92 Å². The summed E-state index contributed by atoms with van der Waals surface area (Å²) >= 11 is 0. The largest absolute Gasteiger partial charge is 0.481 e. The van der Waals surface area contributed by atoms with Crippen molar-refractivity contribution in [1.82, 2.24) is 0 Å². The van der Waals surface area contributed by atoms with E-state index < -0.39 is 17.5 Å². The van der Waals surface area contributed by atoms with E-state index in [4.69, 9.17) is 0 Å². The fourth-order valence-corrected chi connectivity index (χ4v) is 5.02. The lowest BCUT2D eigenvalue weighted by atomic mass is 9.61. The van der Waals surface area contributed by atoms with E-state index in [9.17, 15) is 15.0 Å². The van der Waals surface area contributed by atoms with Gasteiger partial charge in [-0.15, -0.1) is 0 Å². The van der Waals surface area contributed by atoms with Crippen LogP contribution in [0.2, 0.25) is 0 Å². The Bertz CT molecular complexity index is 340. The summed E-state index contributed by atoms with van der Waals surface area (Å²) in [6, 6.07) is 0. The minimum atomic E-state index is -0.676. The standard InChI is InChI=1S/C13H20O3/c1-12-3-8-2-10(14)6-13(7-12,11(15)16)5-9(8)4-12/h8-10,14H,2-7H2,1H3,(H,15,16). The first-order valence-electron chi connectivity index (χ1n) is 6.34. The van der Waals surface area contributed by atoms with Crippen molar-refractivity contribution in [1.29, 1.82) is 0 Å². The highest BCUT2D eigenvalue weighted by Crippen LogP contribution is 2.64. The van der Waals surface area contributed by atoms with Gasteiger partial charge in [0, 0.05) is 0 Å². The summed E-state index contributed by atoms with van der Waals surface area (Å²) in [6.45, 7) is 2.24. The SMILES string of the molecule is CC12CC3CC(O)CC(C(=O)O)(CC3C1)C2. The third-order valence-corrected chi connectivity index (χ3v) is 5.25. The Balaban J connectivity index is 2.02. The first kappa shape index (κ1) is 10.6. The number of carboxylic acids is 1. The Hall–Kier alpha value is -0.570. The summed E-state index contributed by atoms with van der Waals surface area (Å²) in [6.07, 6.45) is 4.80. The Kier molecular flexibility index (Phi) is 1.99. The quantitative estimate of drug-likeness (QED) is 0.716. The van der Waals surface area contributed by atoms with Crippen LogP contribution in [0.3, 0.4) is 0 Å². The van der Waals surface area contributed by atoms with Gasteiger partial charge in [0.15, 0.2) is 0 Å². The van der Waals surface area contributed by atoms with Crippen molar-refractivity contribution in [2.24, 2.45) is 22.7 Å². The van der Waals surface area contributed by atoms with Crippen LogP contribution in [0.5, 0.6) is 0 Å². The number of hydrogen-bond donors (Lipinski definition) is 2. The molecule has 0 spiro atoms. The van der Waals surface area contributed by atoms with Crippen LogP contribution in [-0.2, 0) is 4.79 Å². The van der Waals surface area contributed by atoms with Gasteiger partial charge in [-0.05, 0) is 55.8 Å². The number of hydrogen-bond acceptors (Lipinski definition) is 2. The summed E-state index contributed by atoms with van der Waals surface area (Å²) < 4.78 is 0. The Labute approximate surface area is 95.9 Å². The molecule has 16 heavy (non-hydrogen) atoms. The van der Waals surface area contributed by atoms with Crippen LogP contribution < -0.4 is 0 Å². The third kappa shape index (κ3) is 1.33. The normalized spacial score (nSPS) is 55.0. The number of aliphatic hydroxyl groups excluding tert-OH is 1. The zero-order valence-electron chi connectivity index (χ0n) is 9.78. The molecule has 3 fully saturated rings. The molecule has 0 amide bonds. The van der Waals surface area contributed by atoms with E-state index in [1.54, 1.807) is 0 Å². The van der Waals surface area contributed by atoms with Gasteiger partial charge in [0.1, 0.15) is 0 Å². The van der Waals surface area contributed by atoms with Crippen molar-refractivity contribution in [2.45, 2.75) is 51.6 Å². The Morgan fingerprint density at radius 3 is 2.56 bits per heavy atom. The molecule has 3 aliphatic carbocycles. The number of carboxylic acid groups (broad SMARTS) is 1. The molecule has 3 aliphatic rings. The van der Waals surface area contributed by atoms with Gasteiger partial charge in [-0.25, -0.2) is 0 Å². The molecular weight excluding hydrogens is 204 g/mol. The molecule has 0 saturated heterocycles. The highest BCUT2D eigenvalue weighted by Gasteiger charge is 2.59. The van der Waals surface area contributed by atoms with E-state index in [1.807, 2.05) is 0 Å². The summed E-state index contributed by atoms with van der Waals surface area (Å²) in [4.78, 5) is 11.6. The molecule has 0 aromatic heterocycles. The van der Waals surface area contributed by atoms with Gasteiger partial charge < -0.3 is 10.2 Å². The van der Waals surface area contributed by atoms with Crippen LogP contribution >= 0.6 is 0 Å². The molecule has 3 heteroatoms. The maximum absolute atomic E-state index is 11.6. The van der Waals surface area contributed by atoms with Crippen LogP contribution in [0, 0.1) is 22.7 Å². The lowest BCUT2D eigenvalue weighted by Crippen LogP contribution is -2.42. The Morgan fingerprint density at radius 1 is 1.19 bits per heavy atom. The van der Waals surface area contributed by atoms with Gasteiger partial charge in [-0.2, -0.15) is 0 Å². The van der Waals surface area contributed by atoms with Crippen molar-refractivity contribution in [3.63, 3.8) is 0 Å². The lowest BCUT2D eigenvalue weighted by molar-refractivity contribution is -0.156. The van der Waals surface area contributed by atoms with Crippen LogP contribution in [0.15, 0.2) is 0 Å². The number of rotatable bonds is 1. The van der Waals surface area contributed by atoms with Crippen molar-refractivity contribution in [3.8, 4) is 0 Å². The second-order valence-corrected chi connectivity index (χ2v) is 6.80. The summed E-state index contributed by atoms with van der Waals surface area (Å²) in [5.74, 6) is 0.445. The fraction of sp³-hybridized carbons (Fsp3) is 0.923. The van der Waals surface area contributed by atoms with Gasteiger partial charge in [-0.3, -0.25) is 4.79 Å². The molecule has 5 unspecified atom stereocenters. The predicted octanol–water partition coefficient (Wildman–Crippen LogP) is 2.04. The zero-order chi connectivity index (χ0) is 11.6. The molecule has 3 bridgehead atoms. The molecule has 3 nitrogen and oxygen atoms in total. The highest BCUT2D eigenvalue weighted by atomic mass is 16.4. The van der Waals surface area contributed by atoms with E-state index in [2.05, 4.69) is 6.92 Å². The van der Waals surface area contributed by atoms with Gasteiger partial charge in [0.2, 0.25) is 0 Å². The molecule has 0 aliphatic heterocycles. The predicted molar refractivity (Wildman–Crippen MR) is 58.9 cm³/mol. The van der Waals surface area contributed by atoms with Crippen LogP contribution in [-0.4, -0.2) is 22.3 Å². The minimum absolute atomic E-state index is 0.228. The average Bonchev–Trinajstić information content (AvgIpc) is 2.29. The van der Waals surface area contributed by atoms with Crippen molar-refractivity contribution in [3.05, 3.63) is 0 Å². The molecule has 0 radical (unpaired) electrons. The molecule has 0 aromatic rings. The smallest absolute Gasteiger partial charge is 0.309 e. The molecule has 3 rings (SSSR count). The Morgan fingerprint density at radius 2 is 1.88 bits per heavy atom. The second kappa shape index (κ2) is 3.00. The van der Waals surface area contributed by atoms with E-state index in [0.29, 0.717) is 18.3 Å².